The predicted octanol–water partition coefficient (Wildman–Crippen LogP) is 2.82. The van der Waals surface area contributed by atoms with E-state index in [-0.39, 0.29) is 10.8 Å². The standard InChI is InChI=1S/C20H23F2N3OS/c21-16-6-7-17(22)18(14-16)27-19(15-4-2-1-3-5-15)20(26)24-10-13-25-11-8-23-9-12-25/h1-7,14,19,23H,8-13H2,(H,24,26). The number of nitrogens with one attached hydrogen (secondary N) is 2. The molecule has 1 amide bonds. The molecule has 0 radical (unpaired) electrons. The van der Waals surface area contributed by atoms with Crippen molar-refractivity contribution in [2.45, 2.75) is 10.1 Å². The third-order valence-electron chi connectivity index (χ3n) is 4.42. The lowest BCUT2D eigenvalue weighted by Crippen LogP contribution is -2.46. The van der Waals surface area contributed by atoms with Gasteiger partial charge in [0.25, 0.3) is 0 Å². The smallest absolute Gasteiger partial charge is 0.238 e. The first kappa shape index (κ1) is 19.8. The van der Waals surface area contributed by atoms with Crippen LogP contribution in [-0.4, -0.2) is 50.1 Å². The molecule has 0 aromatic heterocycles. The normalized spacial score (nSPS) is 16.1. The van der Waals surface area contributed by atoms with Gasteiger partial charge in [-0.25, -0.2) is 8.78 Å². The Morgan fingerprint density at radius 2 is 1.89 bits per heavy atom. The minimum Gasteiger partial charge on any atom is -0.354 e. The molecule has 144 valence electrons. The zero-order valence-corrected chi connectivity index (χ0v) is 15.8. The summed E-state index contributed by atoms with van der Waals surface area (Å²) in [6.45, 7) is 5.12. The van der Waals surface area contributed by atoms with Crippen molar-refractivity contribution < 1.29 is 13.6 Å². The van der Waals surface area contributed by atoms with Crippen LogP contribution in [0.1, 0.15) is 10.8 Å². The van der Waals surface area contributed by atoms with Crippen LogP contribution in [0.2, 0.25) is 0 Å². The minimum atomic E-state index is -0.648. The van der Waals surface area contributed by atoms with Gasteiger partial charge in [-0.2, -0.15) is 0 Å². The number of piperazine rings is 1. The Kier molecular flexibility index (Phi) is 7.20. The summed E-state index contributed by atoms with van der Waals surface area (Å²) in [6.07, 6.45) is 0. The summed E-state index contributed by atoms with van der Waals surface area (Å²) in [7, 11) is 0. The number of nitrogens with zero attached hydrogens (tertiary/aromatic N) is 1. The lowest BCUT2D eigenvalue weighted by molar-refractivity contribution is -0.120. The van der Waals surface area contributed by atoms with Crippen molar-refractivity contribution in [2.75, 3.05) is 39.3 Å². The fourth-order valence-corrected chi connectivity index (χ4v) is 4.06. The first-order valence-electron chi connectivity index (χ1n) is 9.01. The highest BCUT2D eigenvalue weighted by molar-refractivity contribution is 8.00. The van der Waals surface area contributed by atoms with E-state index in [1.165, 1.54) is 0 Å². The zero-order valence-electron chi connectivity index (χ0n) is 15.0. The molecule has 1 fully saturated rings. The van der Waals surface area contributed by atoms with Gasteiger partial charge >= 0.3 is 0 Å². The highest BCUT2D eigenvalue weighted by atomic mass is 32.2. The van der Waals surface area contributed by atoms with Gasteiger partial charge in [0.2, 0.25) is 5.91 Å². The van der Waals surface area contributed by atoms with Crippen molar-refractivity contribution >= 4 is 17.7 Å². The quantitative estimate of drug-likeness (QED) is 0.713. The number of thioether (sulfide) groups is 1. The summed E-state index contributed by atoms with van der Waals surface area (Å²) in [6, 6.07) is 12.5. The summed E-state index contributed by atoms with van der Waals surface area (Å²) in [5.41, 5.74) is 0.755. The topological polar surface area (TPSA) is 44.4 Å². The van der Waals surface area contributed by atoms with Crippen LogP contribution in [0.25, 0.3) is 0 Å². The molecule has 1 aliphatic heterocycles. The summed E-state index contributed by atoms with van der Waals surface area (Å²) >= 11 is 1.03. The second-order valence-electron chi connectivity index (χ2n) is 6.37. The molecule has 2 aromatic rings. The van der Waals surface area contributed by atoms with Crippen LogP contribution in [-0.2, 0) is 4.79 Å². The molecule has 1 aliphatic rings. The first-order chi connectivity index (χ1) is 13.1. The number of halogens is 2. The van der Waals surface area contributed by atoms with E-state index in [9.17, 15) is 13.6 Å². The molecule has 1 atom stereocenters. The Labute approximate surface area is 162 Å². The monoisotopic (exact) mass is 391 g/mol. The maximum absolute atomic E-state index is 14.1. The largest absolute Gasteiger partial charge is 0.354 e. The number of hydrogen-bond acceptors (Lipinski definition) is 4. The molecular formula is C20H23F2N3OS. The third-order valence-corrected chi connectivity index (χ3v) is 5.70. The van der Waals surface area contributed by atoms with Crippen molar-refractivity contribution in [1.82, 2.24) is 15.5 Å². The summed E-state index contributed by atoms with van der Waals surface area (Å²) < 4.78 is 27.6. The zero-order chi connectivity index (χ0) is 19.1. The van der Waals surface area contributed by atoms with Gasteiger partial charge < -0.3 is 10.6 Å². The molecule has 27 heavy (non-hydrogen) atoms. The number of carbonyl (C=O) groups excluding carboxylic acids is 1. The van der Waals surface area contributed by atoms with Crippen molar-refractivity contribution in [1.29, 1.82) is 0 Å². The number of hydrogen-bond donors (Lipinski definition) is 2. The molecule has 1 unspecified atom stereocenters. The fraction of sp³-hybridized carbons (Fsp3) is 0.350. The van der Waals surface area contributed by atoms with E-state index in [0.29, 0.717) is 6.54 Å². The van der Waals surface area contributed by atoms with Crippen LogP contribution < -0.4 is 10.6 Å². The molecule has 0 spiro atoms. The lowest BCUT2D eigenvalue weighted by Gasteiger charge is -2.27. The molecule has 0 aliphatic carbocycles. The summed E-state index contributed by atoms with van der Waals surface area (Å²) in [5.74, 6) is -1.26. The third kappa shape index (κ3) is 5.76. The molecule has 0 bridgehead atoms. The molecule has 2 N–H and O–H groups in total. The number of rotatable bonds is 7. The molecule has 2 aromatic carbocycles. The second kappa shape index (κ2) is 9.82. The van der Waals surface area contributed by atoms with Crippen molar-refractivity contribution in [2.24, 2.45) is 0 Å². The average molecular weight is 391 g/mol. The molecule has 4 nitrogen and oxygen atoms in total. The highest BCUT2D eigenvalue weighted by Gasteiger charge is 2.23. The predicted molar refractivity (Wildman–Crippen MR) is 104 cm³/mol. The van der Waals surface area contributed by atoms with E-state index < -0.39 is 16.9 Å². The maximum atomic E-state index is 14.1. The van der Waals surface area contributed by atoms with E-state index in [0.717, 1.165) is 68.2 Å². The fourth-order valence-electron chi connectivity index (χ4n) is 2.96. The average Bonchev–Trinajstić information content (AvgIpc) is 2.70. The summed E-state index contributed by atoms with van der Waals surface area (Å²) in [5, 5.41) is 5.59. The SMILES string of the molecule is O=C(NCCN1CCNCC1)C(Sc1cc(F)ccc1F)c1ccccc1. The number of carbonyl (C=O) groups is 1. The molecule has 3 rings (SSSR count). The van der Waals surface area contributed by atoms with Crippen molar-refractivity contribution in [3.63, 3.8) is 0 Å². The van der Waals surface area contributed by atoms with Crippen LogP contribution >= 0.6 is 11.8 Å². The maximum Gasteiger partial charge on any atom is 0.238 e. The number of benzene rings is 2. The highest BCUT2D eigenvalue weighted by Crippen LogP contribution is 2.37. The van der Waals surface area contributed by atoms with Gasteiger partial charge in [0, 0.05) is 44.2 Å². The van der Waals surface area contributed by atoms with Crippen molar-refractivity contribution in [3.8, 4) is 0 Å². The van der Waals surface area contributed by atoms with Gasteiger partial charge in [-0.05, 0) is 23.8 Å². The van der Waals surface area contributed by atoms with Crippen LogP contribution in [0.3, 0.4) is 0 Å². The lowest BCUT2D eigenvalue weighted by atomic mass is 10.1. The molecular weight excluding hydrogens is 368 g/mol. The molecule has 0 saturated carbocycles. The van der Waals surface area contributed by atoms with E-state index in [4.69, 9.17) is 0 Å². The molecule has 1 heterocycles. The second-order valence-corrected chi connectivity index (χ2v) is 7.51. The van der Waals surface area contributed by atoms with E-state index in [1.807, 2.05) is 30.3 Å². The molecule has 7 heteroatoms. The Hall–Kier alpha value is -1.96. The van der Waals surface area contributed by atoms with E-state index in [2.05, 4.69) is 15.5 Å². The van der Waals surface area contributed by atoms with Gasteiger partial charge in [0.1, 0.15) is 16.9 Å². The van der Waals surface area contributed by atoms with Gasteiger partial charge in [-0.1, -0.05) is 30.3 Å². The Morgan fingerprint density at radius 3 is 2.63 bits per heavy atom. The van der Waals surface area contributed by atoms with E-state index >= 15 is 0 Å². The van der Waals surface area contributed by atoms with E-state index in [1.54, 1.807) is 0 Å². The summed E-state index contributed by atoms with van der Waals surface area (Å²) in [4.78, 5) is 15.2. The Bertz CT molecular complexity index is 754. The van der Waals surface area contributed by atoms with Gasteiger partial charge in [0.05, 0.1) is 0 Å². The van der Waals surface area contributed by atoms with Crippen LogP contribution in [0.5, 0.6) is 0 Å². The van der Waals surface area contributed by atoms with Crippen molar-refractivity contribution in [3.05, 3.63) is 65.7 Å². The van der Waals surface area contributed by atoms with Gasteiger partial charge in [-0.15, -0.1) is 11.8 Å². The Morgan fingerprint density at radius 1 is 1.15 bits per heavy atom. The van der Waals surface area contributed by atoms with Crippen LogP contribution in [0.4, 0.5) is 8.78 Å². The minimum absolute atomic E-state index is 0.126. The number of amides is 1. The molecule has 1 saturated heterocycles. The van der Waals surface area contributed by atoms with Gasteiger partial charge in [-0.3, -0.25) is 9.69 Å². The Balaban J connectivity index is 1.67. The van der Waals surface area contributed by atoms with Crippen LogP contribution in [0.15, 0.2) is 53.4 Å². The first-order valence-corrected chi connectivity index (χ1v) is 9.89. The van der Waals surface area contributed by atoms with Crippen LogP contribution in [0, 0.1) is 11.6 Å². The van der Waals surface area contributed by atoms with Gasteiger partial charge in [0.15, 0.2) is 0 Å².